The summed E-state index contributed by atoms with van der Waals surface area (Å²) >= 11 is 0. The number of Topliss-reactive ketones (excluding diaryl/α,β-unsaturated/α-hetero) is 1. The fourth-order valence-electron chi connectivity index (χ4n) is 4.02. The molecule has 0 radical (unpaired) electrons. The maximum Gasteiger partial charge on any atom is 0.326 e. The first-order valence-corrected chi connectivity index (χ1v) is 9.89. The van der Waals surface area contributed by atoms with Crippen LogP contribution in [-0.2, 0) is 6.54 Å². The standard InChI is InChI=1S/C22H24N4O4/c1-16(27)22-20(25(28)17-7-3-4-8-18(17)26(22)29)15-23-11-13-24(14-12-23)19-9-5-6-10-21(19)30-2/h3-10H,11-15H2,1-2H3. The first kappa shape index (κ1) is 19.9. The predicted octanol–water partition coefficient (Wildman–Crippen LogP) is 2.44. The summed E-state index contributed by atoms with van der Waals surface area (Å²) in [5, 5.41) is 13.0. The van der Waals surface area contributed by atoms with Crippen LogP contribution in [0.5, 0.6) is 5.75 Å². The van der Waals surface area contributed by atoms with Gasteiger partial charge in [-0.2, -0.15) is 0 Å². The first-order valence-electron chi connectivity index (χ1n) is 9.89. The fourth-order valence-corrected chi connectivity index (χ4v) is 4.02. The number of fused-ring (bicyclic) bond motifs is 1. The van der Waals surface area contributed by atoms with Crippen molar-refractivity contribution in [1.82, 2.24) is 9.63 Å². The number of carbonyl (C=O) groups excluding carboxylic acids is 1. The number of hydrogen-bond donors (Lipinski definition) is 0. The van der Waals surface area contributed by atoms with Crippen LogP contribution in [0.15, 0.2) is 48.5 Å². The Kier molecular flexibility index (Phi) is 5.41. The molecule has 1 saturated heterocycles. The number of benzene rings is 2. The van der Waals surface area contributed by atoms with Crippen LogP contribution in [0, 0.1) is 10.1 Å². The molecule has 8 heteroatoms. The molecule has 0 saturated carbocycles. The lowest BCUT2D eigenvalue weighted by Gasteiger charge is -2.37. The van der Waals surface area contributed by atoms with E-state index < -0.39 is 5.78 Å². The van der Waals surface area contributed by atoms with E-state index in [0.29, 0.717) is 17.5 Å². The smallest absolute Gasteiger partial charge is 0.326 e. The highest BCUT2D eigenvalue weighted by atomic mass is 16.5. The Morgan fingerprint density at radius 2 is 1.73 bits per heavy atom. The molecule has 0 bridgehead atoms. The minimum absolute atomic E-state index is 0.0872. The zero-order valence-corrected chi connectivity index (χ0v) is 17.1. The predicted molar refractivity (Wildman–Crippen MR) is 115 cm³/mol. The number of nitrogens with zero attached hydrogens (tertiary/aromatic N) is 4. The Bertz CT molecular complexity index is 1150. The molecule has 0 aliphatic carbocycles. The van der Waals surface area contributed by atoms with E-state index in [2.05, 4.69) is 9.80 Å². The average Bonchev–Trinajstić information content (AvgIpc) is 2.77. The Morgan fingerprint density at radius 3 is 2.43 bits per heavy atom. The average molecular weight is 408 g/mol. The summed E-state index contributed by atoms with van der Waals surface area (Å²) in [4.78, 5) is 29.3. The van der Waals surface area contributed by atoms with Crippen molar-refractivity contribution in [1.29, 1.82) is 0 Å². The van der Waals surface area contributed by atoms with E-state index in [-0.39, 0.29) is 29.0 Å². The zero-order chi connectivity index (χ0) is 21.3. The third kappa shape index (κ3) is 3.50. The van der Waals surface area contributed by atoms with Crippen molar-refractivity contribution < 1.29 is 14.0 Å². The molecular formula is C22H24N4O4. The number of hydrogen-bond acceptors (Lipinski definition) is 6. The SMILES string of the molecule is COc1ccccc1N1CCN(Cc2c(C(C)=O)[n+](=O)c3ccccc3n2[O-])CC1. The second-order valence-corrected chi connectivity index (χ2v) is 7.36. The first-order chi connectivity index (χ1) is 14.5. The van der Waals surface area contributed by atoms with Crippen molar-refractivity contribution in [3.63, 3.8) is 0 Å². The summed E-state index contributed by atoms with van der Waals surface area (Å²) in [6.45, 7) is 4.45. The van der Waals surface area contributed by atoms with Gasteiger partial charge in [-0.1, -0.05) is 24.3 Å². The quantitative estimate of drug-likeness (QED) is 0.476. The van der Waals surface area contributed by atoms with Crippen LogP contribution < -0.4 is 14.1 Å². The molecule has 0 spiro atoms. The van der Waals surface area contributed by atoms with E-state index in [4.69, 9.17) is 4.74 Å². The normalized spacial score (nSPS) is 14.8. The topological polar surface area (TPSA) is 83.7 Å². The second kappa shape index (κ2) is 8.16. The second-order valence-electron chi connectivity index (χ2n) is 7.36. The van der Waals surface area contributed by atoms with Gasteiger partial charge in [-0.25, -0.2) is 0 Å². The van der Waals surface area contributed by atoms with Gasteiger partial charge in [-0.15, -0.1) is 0 Å². The lowest BCUT2D eigenvalue weighted by molar-refractivity contribution is -0.468. The number of ketones is 1. The van der Waals surface area contributed by atoms with Crippen LogP contribution in [0.3, 0.4) is 0 Å². The van der Waals surface area contributed by atoms with Crippen LogP contribution in [0.1, 0.15) is 23.1 Å². The van der Waals surface area contributed by atoms with E-state index in [1.165, 1.54) is 6.92 Å². The molecule has 0 amide bonds. The molecule has 1 aromatic heterocycles. The van der Waals surface area contributed by atoms with Crippen molar-refractivity contribution in [2.24, 2.45) is 0 Å². The number of piperazine rings is 1. The Morgan fingerprint density at radius 1 is 1.07 bits per heavy atom. The number of para-hydroxylation sites is 4. The third-order valence-electron chi connectivity index (χ3n) is 5.55. The summed E-state index contributed by atoms with van der Waals surface area (Å²) in [5.41, 5.74) is 1.60. The molecule has 0 atom stereocenters. The van der Waals surface area contributed by atoms with Crippen molar-refractivity contribution >= 4 is 22.5 Å². The number of anilines is 1. The minimum Gasteiger partial charge on any atom is -0.805 e. The summed E-state index contributed by atoms with van der Waals surface area (Å²) in [6, 6.07) is 14.4. The van der Waals surface area contributed by atoms with Gasteiger partial charge >= 0.3 is 5.69 Å². The Balaban J connectivity index is 1.60. The van der Waals surface area contributed by atoms with E-state index in [1.807, 2.05) is 24.3 Å². The van der Waals surface area contributed by atoms with Crippen LogP contribution >= 0.6 is 0 Å². The van der Waals surface area contributed by atoms with Gasteiger partial charge in [0, 0.05) is 50.6 Å². The molecule has 156 valence electrons. The van der Waals surface area contributed by atoms with Crippen molar-refractivity contribution in [3.05, 3.63) is 70.0 Å². The molecule has 0 N–H and O–H groups in total. The highest BCUT2D eigenvalue weighted by Gasteiger charge is 2.28. The molecule has 30 heavy (non-hydrogen) atoms. The van der Waals surface area contributed by atoms with Gasteiger partial charge < -0.3 is 19.6 Å². The van der Waals surface area contributed by atoms with Crippen LogP contribution in [0.2, 0.25) is 0 Å². The number of rotatable bonds is 5. The van der Waals surface area contributed by atoms with Gasteiger partial charge in [-0.05, 0) is 18.2 Å². The number of ether oxygens (including phenoxy) is 1. The molecule has 2 aromatic carbocycles. The van der Waals surface area contributed by atoms with Crippen LogP contribution in [-0.4, -0.2) is 48.7 Å². The molecule has 1 fully saturated rings. The third-order valence-corrected chi connectivity index (χ3v) is 5.55. The Hall–Kier alpha value is -3.39. The summed E-state index contributed by atoms with van der Waals surface area (Å²) in [5.74, 6) is 0.409. The maximum atomic E-state index is 13.0. The number of aromatic nitrogens is 2. The van der Waals surface area contributed by atoms with Crippen LogP contribution in [0.25, 0.3) is 11.0 Å². The van der Waals surface area contributed by atoms with Gasteiger partial charge in [0.05, 0.1) is 17.2 Å². The molecule has 1 aliphatic rings. The monoisotopic (exact) mass is 408 g/mol. The lowest BCUT2D eigenvalue weighted by atomic mass is 10.1. The highest BCUT2D eigenvalue weighted by Crippen LogP contribution is 2.28. The highest BCUT2D eigenvalue weighted by molar-refractivity contribution is 5.93. The summed E-state index contributed by atoms with van der Waals surface area (Å²) < 4.78 is 6.78. The summed E-state index contributed by atoms with van der Waals surface area (Å²) in [6.07, 6.45) is 0. The minimum atomic E-state index is -0.414. The van der Waals surface area contributed by atoms with Gasteiger partial charge in [0.1, 0.15) is 17.0 Å². The van der Waals surface area contributed by atoms with Crippen molar-refractivity contribution in [3.8, 4) is 5.75 Å². The van der Waals surface area contributed by atoms with Gasteiger partial charge in [0.15, 0.2) is 0 Å². The molecule has 2 heterocycles. The molecule has 4 rings (SSSR count). The van der Waals surface area contributed by atoms with Crippen molar-refractivity contribution in [2.45, 2.75) is 13.5 Å². The maximum absolute atomic E-state index is 13.0. The zero-order valence-electron chi connectivity index (χ0n) is 17.1. The molecule has 8 nitrogen and oxygen atoms in total. The molecule has 1 aliphatic heterocycles. The van der Waals surface area contributed by atoms with E-state index in [9.17, 15) is 14.9 Å². The van der Waals surface area contributed by atoms with E-state index in [0.717, 1.165) is 29.3 Å². The van der Waals surface area contributed by atoms with Gasteiger partial charge in [-0.3, -0.25) is 9.69 Å². The van der Waals surface area contributed by atoms with Gasteiger partial charge in [0.25, 0.3) is 5.52 Å². The molecule has 0 unspecified atom stereocenters. The van der Waals surface area contributed by atoms with E-state index in [1.54, 1.807) is 31.4 Å². The number of carbonyl (C=O) groups is 1. The van der Waals surface area contributed by atoms with Crippen molar-refractivity contribution in [2.75, 3.05) is 38.2 Å². The largest absolute Gasteiger partial charge is 0.805 e. The van der Waals surface area contributed by atoms with Crippen LogP contribution in [0.4, 0.5) is 5.69 Å². The summed E-state index contributed by atoms with van der Waals surface area (Å²) in [7, 11) is 1.66. The Labute approximate surface area is 174 Å². The molecular weight excluding hydrogens is 384 g/mol. The lowest BCUT2D eigenvalue weighted by Crippen LogP contribution is -2.47. The fraction of sp³-hybridized carbons (Fsp3) is 0.318. The molecule has 3 aromatic rings. The van der Waals surface area contributed by atoms with E-state index >= 15 is 0 Å². The van der Waals surface area contributed by atoms with Gasteiger partial charge in [0.2, 0.25) is 5.78 Å². The number of methoxy groups -OCH3 is 1.